The molecule has 0 heterocycles. The summed E-state index contributed by atoms with van der Waals surface area (Å²) < 4.78 is 5.26. The highest BCUT2D eigenvalue weighted by molar-refractivity contribution is 7.98. The Balaban J connectivity index is 2.51. The van der Waals surface area contributed by atoms with Gasteiger partial charge in [-0.05, 0) is 43.0 Å². The van der Waals surface area contributed by atoms with Gasteiger partial charge in [0, 0.05) is 24.4 Å². The predicted octanol–water partition coefficient (Wildman–Crippen LogP) is 2.47. The Morgan fingerprint density at radius 2 is 2.09 bits per heavy atom. The van der Waals surface area contributed by atoms with Crippen molar-refractivity contribution in [2.45, 2.75) is 19.4 Å². The molecule has 0 aliphatic rings. The highest BCUT2D eigenvalue weighted by atomic mass is 35.5. The molecule has 1 unspecified atom stereocenters. The van der Waals surface area contributed by atoms with Crippen molar-refractivity contribution in [1.29, 1.82) is 0 Å². The lowest BCUT2D eigenvalue weighted by molar-refractivity contribution is -0.136. The van der Waals surface area contributed by atoms with Gasteiger partial charge in [-0.2, -0.15) is 11.8 Å². The highest BCUT2D eigenvalue weighted by Crippen LogP contribution is 2.19. The number of methoxy groups -OCH3 is 1. The van der Waals surface area contributed by atoms with Gasteiger partial charge in [-0.1, -0.05) is 17.7 Å². The number of hydrogen-bond donors (Lipinski definition) is 2. The third kappa shape index (κ3) is 6.25. The van der Waals surface area contributed by atoms with Crippen molar-refractivity contribution in [3.8, 4) is 0 Å². The van der Waals surface area contributed by atoms with E-state index in [1.165, 1.54) is 0 Å². The van der Waals surface area contributed by atoms with E-state index in [1.807, 2.05) is 13.2 Å². The molecule has 5 nitrogen and oxygen atoms in total. The monoisotopic (exact) mass is 344 g/mol. The SMILES string of the molecule is COC(CCSC)CNC(=O)C(=O)Nc1cc(Cl)ccc1C. The zero-order valence-electron chi connectivity index (χ0n) is 12.9. The largest absolute Gasteiger partial charge is 0.380 e. The van der Waals surface area contributed by atoms with Crippen molar-refractivity contribution in [2.24, 2.45) is 0 Å². The molecule has 1 rings (SSSR count). The molecule has 0 aliphatic heterocycles. The molecule has 0 saturated heterocycles. The Bertz CT molecular complexity index is 526. The van der Waals surface area contributed by atoms with Gasteiger partial charge in [0.05, 0.1) is 6.10 Å². The van der Waals surface area contributed by atoms with E-state index in [2.05, 4.69) is 10.6 Å². The van der Waals surface area contributed by atoms with Crippen molar-refractivity contribution in [1.82, 2.24) is 5.32 Å². The number of hydrogen-bond acceptors (Lipinski definition) is 4. The van der Waals surface area contributed by atoms with Crippen LogP contribution in [0.4, 0.5) is 5.69 Å². The normalized spacial score (nSPS) is 11.8. The fourth-order valence-electron chi connectivity index (χ4n) is 1.75. The lowest BCUT2D eigenvalue weighted by Crippen LogP contribution is -2.40. The van der Waals surface area contributed by atoms with Crippen LogP contribution >= 0.6 is 23.4 Å². The molecule has 1 aromatic rings. The maximum Gasteiger partial charge on any atom is 0.313 e. The van der Waals surface area contributed by atoms with Crippen molar-refractivity contribution >= 4 is 40.9 Å². The Labute approximate surface area is 140 Å². The van der Waals surface area contributed by atoms with E-state index in [-0.39, 0.29) is 6.10 Å². The van der Waals surface area contributed by atoms with Crippen molar-refractivity contribution in [3.05, 3.63) is 28.8 Å². The first-order chi connectivity index (χ1) is 10.5. The molecule has 2 amide bonds. The Kier molecular flexibility index (Phi) is 8.30. The van der Waals surface area contributed by atoms with Gasteiger partial charge in [0.15, 0.2) is 0 Å². The Morgan fingerprint density at radius 1 is 1.36 bits per heavy atom. The molecule has 0 saturated carbocycles. The molecule has 7 heteroatoms. The van der Waals surface area contributed by atoms with E-state index in [1.54, 1.807) is 37.1 Å². The standard InChI is InChI=1S/C15H21ClN2O3S/c1-10-4-5-11(16)8-13(10)18-15(20)14(19)17-9-12(21-2)6-7-22-3/h4-5,8,12H,6-7,9H2,1-3H3,(H,17,19)(H,18,20). The minimum Gasteiger partial charge on any atom is -0.380 e. The van der Waals surface area contributed by atoms with Crippen LogP contribution in [0, 0.1) is 6.92 Å². The second-order valence-corrected chi connectivity index (χ2v) is 6.18. The van der Waals surface area contributed by atoms with E-state index in [0.717, 1.165) is 17.7 Å². The van der Waals surface area contributed by atoms with Crippen LogP contribution in [0.3, 0.4) is 0 Å². The van der Waals surface area contributed by atoms with Crippen LogP contribution in [0.1, 0.15) is 12.0 Å². The number of benzene rings is 1. The molecule has 0 fully saturated rings. The number of thioether (sulfide) groups is 1. The summed E-state index contributed by atoms with van der Waals surface area (Å²) in [6.07, 6.45) is 2.72. The summed E-state index contributed by atoms with van der Waals surface area (Å²) in [4.78, 5) is 23.7. The maximum absolute atomic E-state index is 11.9. The topological polar surface area (TPSA) is 67.4 Å². The van der Waals surface area contributed by atoms with Crippen LogP contribution < -0.4 is 10.6 Å². The van der Waals surface area contributed by atoms with E-state index < -0.39 is 11.8 Å². The third-order valence-electron chi connectivity index (χ3n) is 3.12. The second kappa shape index (κ2) is 9.71. The van der Waals surface area contributed by atoms with Crippen molar-refractivity contribution < 1.29 is 14.3 Å². The van der Waals surface area contributed by atoms with Crippen LogP contribution in [0.2, 0.25) is 5.02 Å². The first-order valence-corrected chi connectivity index (χ1v) is 8.62. The van der Waals surface area contributed by atoms with Crippen LogP contribution in [-0.2, 0) is 14.3 Å². The van der Waals surface area contributed by atoms with E-state index in [0.29, 0.717) is 17.3 Å². The first-order valence-electron chi connectivity index (χ1n) is 6.85. The van der Waals surface area contributed by atoms with Gasteiger partial charge in [-0.15, -0.1) is 0 Å². The molecule has 0 aromatic heterocycles. The number of anilines is 1. The van der Waals surface area contributed by atoms with Gasteiger partial charge in [0.1, 0.15) is 0 Å². The van der Waals surface area contributed by atoms with Crippen LogP contribution in [-0.4, -0.2) is 43.6 Å². The van der Waals surface area contributed by atoms with E-state index in [9.17, 15) is 9.59 Å². The van der Waals surface area contributed by atoms with Gasteiger partial charge in [0.25, 0.3) is 0 Å². The highest BCUT2D eigenvalue weighted by Gasteiger charge is 2.16. The molecule has 1 atom stereocenters. The number of aryl methyl sites for hydroxylation is 1. The summed E-state index contributed by atoms with van der Waals surface area (Å²) in [6.45, 7) is 2.13. The fourth-order valence-corrected chi connectivity index (χ4v) is 2.42. The number of halogens is 1. The molecule has 2 N–H and O–H groups in total. The lowest BCUT2D eigenvalue weighted by atomic mass is 10.2. The van der Waals surface area contributed by atoms with Crippen LogP contribution in [0.5, 0.6) is 0 Å². The molecule has 0 aliphatic carbocycles. The summed E-state index contributed by atoms with van der Waals surface area (Å²) in [7, 11) is 1.59. The van der Waals surface area contributed by atoms with Gasteiger partial charge in [-0.25, -0.2) is 0 Å². The second-order valence-electron chi connectivity index (χ2n) is 4.76. The minimum absolute atomic E-state index is 0.0999. The fraction of sp³-hybridized carbons (Fsp3) is 0.467. The third-order valence-corrected chi connectivity index (χ3v) is 4.00. The number of amides is 2. The van der Waals surface area contributed by atoms with Gasteiger partial charge in [-0.3, -0.25) is 9.59 Å². The zero-order chi connectivity index (χ0) is 16.5. The van der Waals surface area contributed by atoms with Crippen LogP contribution in [0.25, 0.3) is 0 Å². The number of rotatable bonds is 7. The average Bonchev–Trinajstić information content (AvgIpc) is 2.50. The predicted molar refractivity (Wildman–Crippen MR) is 91.6 cm³/mol. The smallest absolute Gasteiger partial charge is 0.313 e. The number of nitrogens with one attached hydrogen (secondary N) is 2. The lowest BCUT2D eigenvalue weighted by Gasteiger charge is -2.15. The van der Waals surface area contributed by atoms with Gasteiger partial charge in [0.2, 0.25) is 0 Å². The number of ether oxygens (including phenoxy) is 1. The van der Waals surface area contributed by atoms with Gasteiger partial charge < -0.3 is 15.4 Å². The zero-order valence-corrected chi connectivity index (χ0v) is 14.5. The summed E-state index contributed by atoms with van der Waals surface area (Å²) in [5.74, 6) is -0.474. The molecule has 22 heavy (non-hydrogen) atoms. The minimum atomic E-state index is -0.718. The van der Waals surface area contributed by atoms with Crippen molar-refractivity contribution in [2.75, 3.05) is 31.0 Å². The van der Waals surface area contributed by atoms with E-state index >= 15 is 0 Å². The Hall–Kier alpha value is -1.24. The molecule has 122 valence electrons. The first kappa shape index (κ1) is 18.8. The van der Waals surface area contributed by atoms with Crippen LogP contribution in [0.15, 0.2) is 18.2 Å². The number of carbonyl (C=O) groups excluding carboxylic acids is 2. The van der Waals surface area contributed by atoms with Gasteiger partial charge >= 0.3 is 11.8 Å². The summed E-state index contributed by atoms with van der Waals surface area (Å²) in [5, 5.41) is 5.63. The molecule has 0 radical (unpaired) electrons. The molecule has 1 aromatic carbocycles. The van der Waals surface area contributed by atoms with Crippen molar-refractivity contribution in [3.63, 3.8) is 0 Å². The summed E-state index contributed by atoms with van der Waals surface area (Å²) in [6, 6.07) is 5.11. The van der Waals surface area contributed by atoms with E-state index in [4.69, 9.17) is 16.3 Å². The Morgan fingerprint density at radius 3 is 2.73 bits per heavy atom. The number of carbonyl (C=O) groups is 2. The maximum atomic E-state index is 11.9. The quantitative estimate of drug-likeness (QED) is 0.746. The molecular formula is C15H21ClN2O3S. The summed E-state index contributed by atoms with van der Waals surface area (Å²) >= 11 is 7.59. The summed E-state index contributed by atoms with van der Waals surface area (Å²) in [5.41, 5.74) is 1.36. The molecular weight excluding hydrogens is 324 g/mol. The molecule has 0 spiro atoms. The molecule has 0 bridgehead atoms. The average molecular weight is 345 g/mol.